The summed E-state index contributed by atoms with van der Waals surface area (Å²) in [6, 6.07) is 0.327. The largest absolute Gasteiger partial charge is 0.495 e. The summed E-state index contributed by atoms with van der Waals surface area (Å²) < 4.78 is 45.6. The molecule has 0 saturated carbocycles. The fourth-order valence-corrected chi connectivity index (χ4v) is 11.2. The fourth-order valence-electron chi connectivity index (χ4n) is 10.6. The average molecular weight is 1270 g/mol. The van der Waals surface area contributed by atoms with E-state index in [9.17, 15) is 53.1 Å². The highest BCUT2D eigenvalue weighted by molar-refractivity contribution is 6.35. The minimum absolute atomic E-state index is 0.00881. The van der Waals surface area contributed by atoms with E-state index in [0.29, 0.717) is 31.2 Å². The van der Waals surface area contributed by atoms with Crippen LogP contribution in [-0.2, 0) is 58.9 Å². The molecule has 25 nitrogen and oxygen atoms in total. The Hall–Kier alpha value is -7.65. The minimum atomic E-state index is -1.95. The van der Waals surface area contributed by atoms with Crippen LogP contribution in [0.3, 0.4) is 0 Å². The van der Waals surface area contributed by atoms with Crippen LogP contribution in [0.15, 0.2) is 60.2 Å². The Balaban J connectivity index is 1.18. The summed E-state index contributed by atoms with van der Waals surface area (Å²) in [4.78, 5) is 135. The van der Waals surface area contributed by atoms with Gasteiger partial charge in [0.2, 0.25) is 23.6 Å². The maximum absolute atomic E-state index is 16.2. The van der Waals surface area contributed by atoms with Gasteiger partial charge >= 0.3 is 18.1 Å². The Morgan fingerprint density at radius 3 is 2.32 bits per heavy atom. The van der Waals surface area contributed by atoms with Crippen molar-refractivity contribution in [1.29, 1.82) is 0 Å². The average Bonchev–Trinajstić information content (AvgIpc) is 1.70. The number of epoxide rings is 1. The van der Waals surface area contributed by atoms with Gasteiger partial charge in [0.25, 0.3) is 17.7 Å². The number of hydrogen-bond donors (Lipinski definition) is 7. The van der Waals surface area contributed by atoms with E-state index in [1.807, 2.05) is 6.92 Å². The number of rotatable bonds is 22. The molecule has 4 aliphatic rings. The predicted octanol–water partition coefficient (Wildman–Crippen LogP) is 5.12. The van der Waals surface area contributed by atoms with Crippen molar-refractivity contribution >= 4 is 94.0 Å². The number of primary amides is 1. The standard InChI is InChI=1S/C60H78Cl2FN9O16/c1-31(2)51(68-46(73)19-12-11-13-23-72-47(74)20-21-48(72)75)54(78)66-39(17-15-22-65-57(64)81)53(77)67-40-28-37(61)36(27-38(40)63)55(79)70(7)34(5)56(80)87-45-29-49(76)71(8)41-25-35(26-42(84-9)50(41)62)24-32(3)16-14-18-44(85-10)60(83)30-43(86-58(82)69-60)33(4)52-59(45,6)88-52/h14,16,18,20-21,25-28,31,33-34,39,43-45,51-52,83H,11-13,15,17,19,22-24,29-30H2,1-10H3,(H,66,78)(H,67,77)(H,68,73)(H,69,82)(H3,64,65,81)/b18-14+,32-16+/t33-,34+,39+,43+,44-,45+,51+,52+,59+,60+/m1/s1. The number of methoxy groups -OCH3 is 2. The third-order valence-electron chi connectivity index (χ3n) is 16.0. The molecule has 4 aliphatic heterocycles. The number of aliphatic hydroxyl groups is 1. The molecule has 0 aliphatic carbocycles. The molecule has 8 N–H and O–H groups in total. The molecule has 4 bridgehead atoms. The van der Waals surface area contributed by atoms with Crippen molar-refractivity contribution in [2.24, 2.45) is 17.6 Å². The maximum Gasteiger partial charge on any atom is 0.409 e. The second-order valence-corrected chi connectivity index (χ2v) is 23.7. The molecule has 2 fully saturated rings. The Morgan fingerprint density at radius 1 is 0.977 bits per heavy atom. The first kappa shape index (κ1) is 69.5. The number of ether oxygens (including phenoxy) is 5. The number of carbonyl (C=O) groups excluding carboxylic acids is 10. The van der Waals surface area contributed by atoms with Gasteiger partial charge in [0.15, 0.2) is 5.72 Å². The van der Waals surface area contributed by atoms with E-state index in [-0.39, 0.29) is 60.3 Å². The summed E-state index contributed by atoms with van der Waals surface area (Å²) in [5.74, 6) is -7.62. The summed E-state index contributed by atoms with van der Waals surface area (Å²) >= 11 is 13.5. The SMILES string of the molecule is COc1cc2cc(c1Cl)N(C)C(=O)C[C@H](OC(=O)[C@H](C)N(C)C(=O)c1cc(F)c(NC(=O)[C@H](CCCNC(N)=O)NC(=O)[C@@H](NC(=O)CCCCCN3C(=O)C=CC3=O)C(C)C)cc1Cl)[C@]1(C)O[C@H]1[C@H](C)[C@@H]1C[C@@](O)(NC(=O)O1)[C@H](OC)/C=C/C=C(\C)C2. The Morgan fingerprint density at radius 2 is 1.67 bits per heavy atom. The first-order valence-electron chi connectivity index (χ1n) is 28.8. The van der Waals surface area contributed by atoms with Crippen LogP contribution in [0.5, 0.6) is 5.75 Å². The van der Waals surface area contributed by atoms with Gasteiger partial charge in [0.1, 0.15) is 58.6 Å². The van der Waals surface area contributed by atoms with Gasteiger partial charge < -0.3 is 65.6 Å². The first-order chi connectivity index (χ1) is 41.4. The van der Waals surface area contributed by atoms with Gasteiger partial charge in [-0.1, -0.05) is 74.2 Å². The summed E-state index contributed by atoms with van der Waals surface area (Å²) in [7, 11) is 5.52. The summed E-state index contributed by atoms with van der Waals surface area (Å²) in [5, 5.41) is 24.2. The number of halogens is 3. The van der Waals surface area contributed by atoms with Crippen LogP contribution >= 0.6 is 23.2 Å². The van der Waals surface area contributed by atoms with Crippen LogP contribution in [0.2, 0.25) is 10.0 Å². The number of esters is 1. The van der Waals surface area contributed by atoms with Crippen molar-refractivity contribution in [3.05, 3.63) is 87.2 Å². The number of nitrogens with two attached hydrogens (primary N) is 1. The molecule has 6 rings (SSSR count). The van der Waals surface area contributed by atoms with Gasteiger partial charge in [-0.25, -0.2) is 18.8 Å². The lowest BCUT2D eigenvalue weighted by atomic mass is 9.83. The van der Waals surface area contributed by atoms with Gasteiger partial charge in [-0.05, 0) is 88.6 Å². The highest BCUT2D eigenvalue weighted by atomic mass is 35.5. The zero-order valence-corrected chi connectivity index (χ0v) is 52.3. The number of amides is 10. The van der Waals surface area contributed by atoms with E-state index in [2.05, 4.69) is 26.6 Å². The van der Waals surface area contributed by atoms with E-state index >= 15 is 4.39 Å². The number of hydrogen-bond acceptors (Lipinski definition) is 16. The molecule has 4 heterocycles. The number of imide groups is 1. The number of benzene rings is 2. The Labute approximate surface area is 519 Å². The number of carbonyl (C=O) groups is 10. The second-order valence-electron chi connectivity index (χ2n) is 22.9. The lowest BCUT2D eigenvalue weighted by molar-refractivity contribution is -0.158. The highest BCUT2D eigenvalue weighted by Gasteiger charge is 2.64. The number of nitrogens with one attached hydrogen (secondary N) is 5. The third kappa shape index (κ3) is 17.1. The normalized spacial score (nSPS) is 24.8. The summed E-state index contributed by atoms with van der Waals surface area (Å²) in [5.41, 5.74) is 2.70. The molecular weight excluding hydrogens is 1190 g/mol. The number of fused-ring (bicyclic) bond motifs is 5. The highest BCUT2D eigenvalue weighted by Crippen LogP contribution is 2.49. The third-order valence-corrected chi connectivity index (χ3v) is 16.7. The number of urea groups is 1. The molecule has 10 atom stereocenters. The number of nitrogens with zero attached hydrogens (tertiary/aromatic N) is 3. The minimum Gasteiger partial charge on any atom is -0.495 e. The first-order valence-corrected chi connectivity index (χ1v) is 29.5. The quantitative estimate of drug-likeness (QED) is 0.0348. The van der Waals surface area contributed by atoms with Gasteiger partial charge in [0.05, 0.1) is 41.6 Å². The van der Waals surface area contributed by atoms with Gasteiger partial charge in [-0.3, -0.25) is 43.8 Å². The van der Waals surface area contributed by atoms with E-state index < -0.39 is 149 Å². The molecule has 2 aromatic rings. The second kappa shape index (κ2) is 30.0. The molecule has 0 aromatic heterocycles. The van der Waals surface area contributed by atoms with Crippen LogP contribution in [-0.4, -0.2) is 170 Å². The number of alkyl carbamates (subject to hydrolysis) is 1. The molecule has 2 saturated heterocycles. The molecule has 10 amide bonds. The van der Waals surface area contributed by atoms with Crippen molar-refractivity contribution in [3.63, 3.8) is 0 Å². The van der Waals surface area contributed by atoms with Crippen LogP contribution in [0.1, 0.15) is 109 Å². The van der Waals surface area contributed by atoms with Gasteiger partial charge in [0, 0.05) is 65.2 Å². The van der Waals surface area contributed by atoms with E-state index in [1.165, 1.54) is 52.3 Å². The summed E-state index contributed by atoms with van der Waals surface area (Å²) in [6.07, 6.45) is 3.25. The van der Waals surface area contributed by atoms with Crippen molar-refractivity contribution in [2.45, 2.75) is 153 Å². The Kier molecular flexibility index (Phi) is 23.7. The summed E-state index contributed by atoms with van der Waals surface area (Å²) in [6.45, 7) is 10.0. The number of unbranched alkanes of at least 4 members (excludes halogenated alkanes) is 2. The van der Waals surface area contributed by atoms with Crippen molar-refractivity contribution in [3.8, 4) is 5.75 Å². The topological polar surface area (TPSA) is 336 Å². The molecule has 0 unspecified atom stereocenters. The number of anilines is 2. The van der Waals surface area contributed by atoms with Crippen molar-refractivity contribution in [2.75, 3.05) is 51.6 Å². The molecule has 0 radical (unpaired) electrons. The van der Waals surface area contributed by atoms with E-state index in [0.717, 1.165) is 27.5 Å². The lowest BCUT2D eigenvalue weighted by Crippen LogP contribution is -2.63. The number of likely N-dealkylation sites (N-methyl/N-ethyl adjacent to an activating group) is 1. The molecular formula is C60H78Cl2FN9O16. The zero-order valence-electron chi connectivity index (χ0n) is 50.8. The van der Waals surface area contributed by atoms with Gasteiger partial charge in [-0.2, -0.15) is 0 Å². The molecule has 88 heavy (non-hydrogen) atoms. The fraction of sp³-hybridized carbons (Fsp3) is 0.533. The number of allylic oxidation sites excluding steroid dienone is 3. The predicted molar refractivity (Wildman–Crippen MR) is 320 cm³/mol. The van der Waals surface area contributed by atoms with Gasteiger partial charge in [-0.15, -0.1) is 0 Å². The van der Waals surface area contributed by atoms with E-state index in [4.69, 9.17) is 52.6 Å². The zero-order chi connectivity index (χ0) is 65.1. The molecule has 2 aromatic carbocycles. The lowest BCUT2D eigenvalue weighted by Gasteiger charge is -2.42. The van der Waals surface area contributed by atoms with Crippen LogP contribution in [0, 0.1) is 17.7 Å². The van der Waals surface area contributed by atoms with Crippen LogP contribution in [0.25, 0.3) is 0 Å². The maximum atomic E-state index is 16.2. The monoisotopic (exact) mass is 1270 g/mol. The van der Waals surface area contributed by atoms with Crippen LogP contribution in [0.4, 0.5) is 25.4 Å². The molecule has 480 valence electrons. The molecule has 28 heteroatoms. The smallest absolute Gasteiger partial charge is 0.409 e. The van der Waals surface area contributed by atoms with Crippen molar-refractivity contribution in [1.82, 2.24) is 31.1 Å². The van der Waals surface area contributed by atoms with Crippen LogP contribution < -0.4 is 42.0 Å². The van der Waals surface area contributed by atoms with E-state index in [1.54, 1.807) is 58.1 Å². The van der Waals surface area contributed by atoms with Crippen molar-refractivity contribution < 1.29 is 81.1 Å². The Bertz CT molecular complexity index is 3110. The molecule has 0 spiro atoms.